The highest BCUT2D eigenvalue weighted by Crippen LogP contribution is 2.68. The Bertz CT molecular complexity index is 701. The third kappa shape index (κ3) is 1.55. The lowest BCUT2D eigenvalue weighted by Crippen LogP contribution is -2.63. The van der Waals surface area contributed by atoms with Crippen LogP contribution in [0.15, 0.2) is 24.3 Å². The molecule has 2 aliphatic carbocycles. The topological polar surface area (TPSA) is 32.3 Å². The highest BCUT2D eigenvalue weighted by molar-refractivity contribution is 5.96. The third-order valence-electron chi connectivity index (χ3n) is 8.05. The quantitative estimate of drug-likeness (QED) is 0.856. The maximum absolute atomic E-state index is 12.6. The van der Waals surface area contributed by atoms with Crippen LogP contribution in [0, 0.1) is 11.3 Å². The van der Waals surface area contributed by atoms with Crippen molar-refractivity contribution >= 4 is 11.6 Å². The number of benzene rings is 1. The van der Waals surface area contributed by atoms with E-state index in [1.165, 1.54) is 56.3 Å². The van der Waals surface area contributed by atoms with Crippen LogP contribution < -0.4 is 10.2 Å². The van der Waals surface area contributed by atoms with Gasteiger partial charge in [0, 0.05) is 30.1 Å². The van der Waals surface area contributed by atoms with Gasteiger partial charge in [-0.05, 0) is 61.6 Å². The second-order valence-electron chi connectivity index (χ2n) is 8.54. The number of hydrogen-bond donors (Lipinski definition) is 1. The van der Waals surface area contributed by atoms with Gasteiger partial charge in [0.2, 0.25) is 5.91 Å². The van der Waals surface area contributed by atoms with Crippen LogP contribution >= 0.6 is 0 Å². The van der Waals surface area contributed by atoms with E-state index in [9.17, 15) is 4.79 Å². The summed E-state index contributed by atoms with van der Waals surface area (Å²) in [6.07, 6.45) is 7.56. The van der Waals surface area contributed by atoms with Crippen LogP contribution in [0.5, 0.6) is 0 Å². The fraction of sp³-hybridized carbons (Fsp3) is 0.667. The number of para-hydroxylation sites is 1. The SMILES string of the molecule is CC[C@@]12CCN[C@@H]3CC[C@]4(c5ccccc5N(C(C)=O)[C@H]4CC1)[C@H]32. The monoisotopic (exact) mass is 324 g/mol. The van der Waals surface area contributed by atoms with Crippen LogP contribution in [0.2, 0.25) is 0 Å². The molecular formula is C21H28N2O. The molecule has 0 radical (unpaired) electrons. The molecule has 3 fully saturated rings. The Hall–Kier alpha value is -1.35. The first kappa shape index (κ1) is 14.9. The Labute approximate surface area is 144 Å². The van der Waals surface area contributed by atoms with Crippen LogP contribution in [0.25, 0.3) is 0 Å². The van der Waals surface area contributed by atoms with Crippen molar-refractivity contribution in [2.24, 2.45) is 11.3 Å². The van der Waals surface area contributed by atoms with Gasteiger partial charge in [-0.2, -0.15) is 0 Å². The molecule has 4 aliphatic rings. The average molecular weight is 324 g/mol. The van der Waals surface area contributed by atoms with Gasteiger partial charge >= 0.3 is 0 Å². The summed E-state index contributed by atoms with van der Waals surface area (Å²) in [6.45, 7) is 5.33. The van der Waals surface area contributed by atoms with E-state index >= 15 is 0 Å². The van der Waals surface area contributed by atoms with Crippen LogP contribution in [-0.2, 0) is 10.2 Å². The van der Waals surface area contributed by atoms with E-state index in [1.807, 2.05) is 0 Å². The maximum Gasteiger partial charge on any atom is 0.224 e. The Kier molecular flexibility index (Phi) is 3.02. The van der Waals surface area contributed by atoms with E-state index < -0.39 is 0 Å². The number of rotatable bonds is 1. The molecule has 128 valence electrons. The van der Waals surface area contributed by atoms with E-state index in [4.69, 9.17) is 0 Å². The second kappa shape index (κ2) is 4.85. The Morgan fingerprint density at radius 2 is 2.08 bits per heavy atom. The zero-order valence-corrected chi connectivity index (χ0v) is 14.8. The van der Waals surface area contributed by atoms with Crippen molar-refractivity contribution in [2.75, 3.05) is 11.4 Å². The zero-order valence-electron chi connectivity index (χ0n) is 14.8. The zero-order chi connectivity index (χ0) is 16.5. The summed E-state index contributed by atoms with van der Waals surface area (Å²) in [4.78, 5) is 14.7. The summed E-state index contributed by atoms with van der Waals surface area (Å²) >= 11 is 0. The highest BCUT2D eigenvalue weighted by atomic mass is 16.2. The largest absolute Gasteiger partial charge is 0.314 e. The summed E-state index contributed by atoms with van der Waals surface area (Å²) in [6, 6.07) is 9.81. The predicted molar refractivity (Wildman–Crippen MR) is 96.2 cm³/mol. The van der Waals surface area contributed by atoms with E-state index in [1.54, 1.807) is 6.92 Å². The van der Waals surface area contributed by atoms with Gasteiger partial charge in [0.1, 0.15) is 0 Å². The Morgan fingerprint density at radius 3 is 2.88 bits per heavy atom. The number of piperidine rings is 1. The Morgan fingerprint density at radius 1 is 1.25 bits per heavy atom. The molecule has 1 amide bonds. The van der Waals surface area contributed by atoms with Gasteiger partial charge in [-0.3, -0.25) is 4.79 Å². The van der Waals surface area contributed by atoms with Crippen LogP contribution in [-0.4, -0.2) is 24.5 Å². The van der Waals surface area contributed by atoms with Crippen molar-refractivity contribution in [1.82, 2.24) is 5.32 Å². The van der Waals surface area contributed by atoms with Gasteiger partial charge in [0.25, 0.3) is 0 Å². The summed E-state index contributed by atoms with van der Waals surface area (Å²) in [7, 11) is 0. The standard InChI is InChI=1S/C21H28N2O/c1-3-20-10-9-18-21(11-8-16(19(20)21)22-13-12-20)15-6-4-5-7-17(15)23(18)14(2)24/h4-7,16,18-19,22H,3,8-13H2,1-2H3/t16-,18+,19-,20+,21-/m1/s1. The molecule has 1 spiro atoms. The summed E-state index contributed by atoms with van der Waals surface area (Å²) in [5.41, 5.74) is 3.34. The highest BCUT2D eigenvalue weighted by Gasteiger charge is 2.68. The molecular weight excluding hydrogens is 296 g/mol. The summed E-state index contributed by atoms with van der Waals surface area (Å²) < 4.78 is 0. The number of nitrogens with zero attached hydrogens (tertiary/aromatic N) is 1. The lowest BCUT2D eigenvalue weighted by Gasteiger charge is -2.58. The smallest absolute Gasteiger partial charge is 0.224 e. The van der Waals surface area contributed by atoms with Crippen molar-refractivity contribution < 1.29 is 4.79 Å². The van der Waals surface area contributed by atoms with Crippen LogP contribution in [0.3, 0.4) is 0 Å². The van der Waals surface area contributed by atoms with Crippen LogP contribution in [0.1, 0.15) is 57.9 Å². The van der Waals surface area contributed by atoms with Gasteiger partial charge in [0.05, 0.1) is 0 Å². The van der Waals surface area contributed by atoms with Crippen molar-refractivity contribution in [3.63, 3.8) is 0 Å². The minimum atomic E-state index is 0.189. The minimum Gasteiger partial charge on any atom is -0.314 e. The van der Waals surface area contributed by atoms with E-state index in [2.05, 4.69) is 41.4 Å². The third-order valence-corrected chi connectivity index (χ3v) is 8.05. The lowest BCUT2D eigenvalue weighted by molar-refractivity contribution is -0.118. The number of carbonyl (C=O) groups is 1. The number of nitrogens with one attached hydrogen (secondary N) is 1. The molecule has 0 unspecified atom stereocenters. The first-order valence-corrected chi connectivity index (χ1v) is 9.77. The fourth-order valence-electron chi connectivity index (χ4n) is 7.32. The molecule has 1 N–H and O–H groups in total. The lowest BCUT2D eigenvalue weighted by atomic mass is 9.49. The van der Waals surface area contributed by atoms with Gasteiger partial charge in [-0.15, -0.1) is 0 Å². The molecule has 5 rings (SSSR count). The van der Waals surface area contributed by atoms with Gasteiger partial charge < -0.3 is 10.2 Å². The first-order chi connectivity index (χ1) is 11.6. The number of fused-ring (bicyclic) bond motifs is 1. The normalized spacial score (nSPS) is 42.4. The van der Waals surface area contributed by atoms with E-state index in [0.29, 0.717) is 23.4 Å². The number of carbonyl (C=O) groups excluding carboxylic acids is 1. The summed E-state index contributed by atoms with van der Waals surface area (Å²) in [5, 5.41) is 3.85. The number of hydrogen-bond acceptors (Lipinski definition) is 2. The molecule has 3 heteroatoms. The molecule has 2 heterocycles. The molecule has 1 saturated heterocycles. The Balaban J connectivity index is 1.75. The van der Waals surface area contributed by atoms with Gasteiger partial charge in [-0.25, -0.2) is 0 Å². The molecule has 1 aromatic rings. The maximum atomic E-state index is 12.6. The molecule has 24 heavy (non-hydrogen) atoms. The van der Waals surface area contributed by atoms with Crippen molar-refractivity contribution in [1.29, 1.82) is 0 Å². The minimum absolute atomic E-state index is 0.189. The van der Waals surface area contributed by atoms with Crippen molar-refractivity contribution in [2.45, 2.75) is 69.9 Å². The molecule has 3 nitrogen and oxygen atoms in total. The van der Waals surface area contributed by atoms with Crippen molar-refractivity contribution in [3.8, 4) is 0 Å². The van der Waals surface area contributed by atoms with Crippen LogP contribution in [0.4, 0.5) is 5.69 Å². The van der Waals surface area contributed by atoms with E-state index in [0.717, 1.165) is 0 Å². The number of anilines is 1. The molecule has 2 aliphatic heterocycles. The molecule has 2 saturated carbocycles. The van der Waals surface area contributed by atoms with E-state index in [-0.39, 0.29) is 11.3 Å². The predicted octanol–water partition coefficient (Wildman–Crippen LogP) is 3.62. The fourth-order valence-corrected chi connectivity index (χ4v) is 7.32. The molecule has 0 bridgehead atoms. The second-order valence-corrected chi connectivity index (χ2v) is 8.54. The molecule has 0 aromatic heterocycles. The van der Waals surface area contributed by atoms with Gasteiger partial charge in [-0.1, -0.05) is 31.5 Å². The summed E-state index contributed by atoms with van der Waals surface area (Å²) in [5.74, 6) is 0.911. The number of amides is 1. The first-order valence-electron chi connectivity index (χ1n) is 9.77. The molecule has 5 atom stereocenters. The molecule has 1 aromatic carbocycles. The average Bonchev–Trinajstić information content (AvgIpc) is 3.13. The van der Waals surface area contributed by atoms with Crippen molar-refractivity contribution in [3.05, 3.63) is 29.8 Å². The van der Waals surface area contributed by atoms with Gasteiger partial charge in [0.15, 0.2) is 0 Å².